The highest BCUT2D eigenvalue weighted by Gasteiger charge is 2.10. The lowest BCUT2D eigenvalue weighted by molar-refractivity contribution is 0.531. The molecule has 0 saturated carbocycles. The number of anilines is 1. The van der Waals surface area contributed by atoms with E-state index in [0.717, 1.165) is 5.69 Å². The lowest BCUT2D eigenvalue weighted by atomic mass is 10.3. The van der Waals surface area contributed by atoms with Crippen LogP contribution >= 0.6 is 0 Å². The molecule has 0 aliphatic rings. The van der Waals surface area contributed by atoms with Crippen LogP contribution in [0.1, 0.15) is 11.6 Å². The second kappa shape index (κ2) is 3.10. The van der Waals surface area contributed by atoms with Gasteiger partial charge < -0.3 is 10.2 Å². The van der Waals surface area contributed by atoms with Crippen molar-refractivity contribution in [1.29, 1.82) is 0 Å². The molecule has 0 bridgehead atoms. The SMILES string of the molecule is Cc1nc(C)c(-c2ccc(N)nn2)o1. The van der Waals surface area contributed by atoms with Gasteiger partial charge in [0.2, 0.25) is 0 Å². The Labute approximate surface area is 81.0 Å². The number of nitrogen functional groups attached to an aromatic ring is 1. The first-order valence-electron chi connectivity index (χ1n) is 4.20. The summed E-state index contributed by atoms with van der Waals surface area (Å²) in [6, 6.07) is 3.44. The van der Waals surface area contributed by atoms with Gasteiger partial charge >= 0.3 is 0 Å². The highest BCUT2D eigenvalue weighted by atomic mass is 16.4. The van der Waals surface area contributed by atoms with Gasteiger partial charge in [0.05, 0.1) is 5.69 Å². The first-order chi connectivity index (χ1) is 6.66. The summed E-state index contributed by atoms with van der Waals surface area (Å²) in [6.45, 7) is 3.66. The van der Waals surface area contributed by atoms with E-state index in [-0.39, 0.29) is 0 Å². The minimum absolute atomic E-state index is 0.391. The molecule has 0 aliphatic carbocycles. The summed E-state index contributed by atoms with van der Waals surface area (Å²) in [7, 11) is 0. The van der Waals surface area contributed by atoms with Gasteiger partial charge in [-0.15, -0.1) is 10.2 Å². The molecular weight excluding hydrogens is 180 g/mol. The third kappa shape index (κ3) is 1.44. The van der Waals surface area contributed by atoms with Crippen LogP contribution in [-0.4, -0.2) is 15.2 Å². The smallest absolute Gasteiger partial charge is 0.192 e. The van der Waals surface area contributed by atoms with Gasteiger partial charge in [0.1, 0.15) is 11.5 Å². The Morgan fingerprint density at radius 2 is 2.00 bits per heavy atom. The molecule has 2 aromatic heterocycles. The van der Waals surface area contributed by atoms with Crippen molar-refractivity contribution >= 4 is 5.82 Å². The Bertz CT molecular complexity index is 446. The monoisotopic (exact) mass is 190 g/mol. The van der Waals surface area contributed by atoms with Crippen LogP contribution in [0.4, 0.5) is 5.82 Å². The maximum absolute atomic E-state index is 5.43. The molecule has 0 saturated heterocycles. The Morgan fingerprint density at radius 1 is 1.21 bits per heavy atom. The number of nitrogens with two attached hydrogens (primary N) is 1. The summed E-state index contributed by atoms with van der Waals surface area (Å²) < 4.78 is 5.39. The van der Waals surface area contributed by atoms with Crippen molar-refractivity contribution in [2.24, 2.45) is 0 Å². The van der Waals surface area contributed by atoms with Gasteiger partial charge in [0.15, 0.2) is 11.7 Å². The highest BCUT2D eigenvalue weighted by Crippen LogP contribution is 2.21. The molecule has 0 radical (unpaired) electrons. The zero-order valence-corrected chi connectivity index (χ0v) is 7.98. The number of rotatable bonds is 1. The van der Waals surface area contributed by atoms with Gasteiger partial charge in [-0.1, -0.05) is 0 Å². The maximum atomic E-state index is 5.43. The van der Waals surface area contributed by atoms with Crippen LogP contribution in [-0.2, 0) is 0 Å². The molecule has 2 heterocycles. The highest BCUT2D eigenvalue weighted by molar-refractivity contribution is 5.55. The van der Waals surface area contributed by atoms with Crippen LogP contribution in [0.2, 0.25) is 0 Å². The standard InChI is InChI=1S/C9H10N4O/c1-5-9(14-6(2)11-5)7-3-4-8(10)13-12-7/h3-4H,1-2H3,(H2,10,13). The predicted octanol–water partition coefficient (Wildman–Crippen LogP) is 1.33. The normalized spacial score (nSPS) is 10.4. The Morgan fingerprint density at radius 3 is 2.50 bits per heavy atom. The minimum Gasteiger partial charge on any atom is -0.439 e. The second-order valence-electron chi connectivity index (χ2n) is 2.99. The van der Waals surface area contributed by atoms with Gasteiger partial charge in [-0.25, -0.2) is 4.98 Å². The molecule has 72 valence electrons. The number of oxazole rings is 1. The van der Waals surface area contributed by atoms with E-state index in [1.165, 1.54) is 0 Å². The fourth-order valence-electron chi connectivity index (χ4n) is 1.23. The van der Waals surface area contributed by atoms with Crippen LogP contribution in [0, 0.1) is 13.8 Å². The van der Waals surface area contributed by atoms with Crippen molar-refractivity contribution in [3.63, 3.8) is 0 Å². The number of hydrogen-bond donors (Lipinski definition) is 1. The van der Waals surface area contributed by atoms with Gasteiger partial charge in [-0.05, 0) is 19.1 Å². The molecule has 0 aliphatic heterocycles. The van der Waals surface area contributed by atoms with E-state index in [4.69, 9.17) is 10.2 Å². The molecule has 2 N–H and O–H groups in total. The number of aromatic nitrogens is 3. The molecule has 2 aromatic rings. The average molecular weight is 190 g/mol. The molecule has 0 aromatic carbocycles. The molecule has 0 atom stereocenters. The van der Waals surface area contributed by atoms with Crippen LogP contribution in [0.25, 0.3) is 11.5 Å². The molecule has 0 amide bonds. The van der Waals surface area contributed by atoms with E-state index in [9.17, 15) is 0 Å². The zero-order chi connectivity index (χ0) is 10.1. The summed E-state index contributed by atoms with van der Waals surface area (Å²) in [4.78, 5) is 4.14. The molecule has 14 heavy (non-hydrogen) atoms. The van der Waals surface area contributed by atoms with Crippen LogP contribution in [0.3, 0.4) is 0 Å². The van der Waals surface area contributed by atoms with Crippen LogP contribution in [0.15, 0.2) is 16.5 Å². The summed E-state index contributed by atoms with van der Waals surface area (Å²) in [6.07, 6.45) is 0. The van der Waals surface area contributed by atoms with E-state index in [0.29, 0.717) is 23.2 Å². The Hall–Kier alpha value is -1.91. The van der Waals surface area contributed by atoms with E-state index in [2.05, 4.69) is 15.2 Å². The van der Waals surface area contributed by atoms with Crippen molar-refractivity contribution in [3.05, 3.63) is 23.7 Å². The average Bonchev–Trinajstić information content (AvgIpc) is 2.47. The number of nitrogens with zero attached hydrogens (tertiary/aromatic N) is 3. The molecule has 5 nitrogen and oxygen atoms in total. The predicted molar refractivity (Wildman–Crippen MR) is 51.4 cm³/mol. The van der Waals surface area contributed by atoms with Gasteiger partial charge in [-0.3, -0.25) is 0 Å². The molecule has 2 rings (SSSR count). The van der Waals surface area contributed by atoms with Crippen molar-refractivity contribution in [3.8, 4) is 11.5 Å². The Kier molecular flexibility index (Phi) is 1.92. The third-order valence-corrected chi connectivity index (χ3v) is 1.82. The van der Waals surface area contributed by atoms with Crippen LogP contribution < -0.4 is 5.73 Å². The molecule has 0 fully saturated rings. The summed E-state index contributed by atoms with van der Waals surface area (Å²) in [5, 5.41) is 7.66. The first-order valence-corrected chi connectivity index (χ1v) is 4.20. The number of hydrogen-bond acceptors (Lipinski definition) is 5. The van der Waals surface area contributed by atoms with Crippen molar-refractivity contribution in [1.82, 2.24) is 15.2 Å². The lowest BCUT2D eigenvalue weighted by Gasteiger charge is -1.95. The summed E-state index contributed by atoms with van der Waals surface area (Å²) >= 11 is 0. The van der Waals surface area contributed by atoms with Crippen molar-refractivity contribution < 1.29 is 4.42 Å². The topological polar surface area (TPSA) is 77.8 Å². The van der Waals surface area contributed by atoms with E-state index < -0.39 is 0 Å². The van der Waals surface area contributed by atoms with E-state index in [1.807, 2.05) is 6.92 Å². The fourth-order valence-corrected chi connectivity index (χ4v) is 1.23. The van der Waals surface area contributed by atoms with Gasteiger partial charge in [-0.2, -0.15) is 0 Å². The molecule has 5 heteroatoms. The molecular formula is C9H10N4O. The first kappa shape index (κ1) is 8.68. The van der Waals surface area contributed by atoms with Gasteiger partial charge in [0.25, 0.3) is 0 Å². The quantitative estimate of drug-likeness (QED) is 0.733. The van der Waals surface area contributed by atoms with E-state index >= 15 is 0 Å². The number of aryl methyl sites for hydroxylation is 2. The second-order valence-corrected chi connectivity index (χ2v) is 2.99. The lowest BCUT2D eigenvalue weighted by Crippen LogP contribution is -1.93. The van der Waals surface area contributed by atoms with Crippen molar-refractivity contribution in [2.45, 2.75) is 13.8 Å². The third-order valence-electron chi connectivity index (χ3n) is 1.82. The summed E-state index contributed by atoms with van der Waals surface area (Å²) in [5.41, 5.74) is 6.89. The maximum Gasteiger partial charge on any atom is 0.192 e. The van der Waals surface area contributed by atoms with Gasteiger partial charge in [0, 0.05) is 6.92 Å². The fraction of sp³-hybridized carbons (Fsp3) is 0.222. The largest absolute Gasteiger partial charge is 0.439 e. The summed E-state index contributed by atoms with van der Waals surface area (Å²) in [5.74, 6) is 1.66. The minimum atomic E-state index is 0.391. The Balaban J connectivity index is 2.49. The van der Waals surface area contributed by atoms with E-state index in [1.54, 1.807) is 19.1 Å². The zero-order valence-electron chi connectivity index (χ0n) is 7.98. The molecule has 0 spiro atoms. The van der Waals surface area contributed by atoms with Crippen LogP contribution in [0.5, 0.6) is 0 Å². The molecule has 0 unspecified atom stereocenters. The van der Waals surface area contributed by atoms with Crippen molar-refractivity contribution in [2.75, 3.05) is 5.73 Å².